The van der Waals surface area contributed by atoms with Gasteiger partial charge in [0.2, 0.25) is 11.9 Å². The smallest absolute Gasteiger partial charge is 0.413 e. The summed E-state index contributed by atoms with van der Waals surface area (Å²) in [6.45, 7) is 6.00. The second-order valence-electron chi connectivity index (χ2n) is 13.2. The van der Waals surface area contributed by atoms with Crippen LogP contribution in [0, 0.1) is 6.92 Å². The molecule has 0 spiro atoms. The fraction of sp³-hybridized carbons (Fsp3) is 0.371. The molecule has 0 saturated carbocycles. The van der Waals surface area contributed by atoms with Crippen LogP contribution in [0.2, 0.25) is 0 Å². The lowest BCUT2D eigenvalue weighted by molar-refractivity contribution is -0.150. The molecule has 0 aliphatic heterocycles. The zero-order chi connectivity index (χ0) is 40.2. The molecule has 0 radical (unpaired) electrons. The van der Waals surface area contributed by atoms with Gasteiger partial charge in [-0.2, -0.15) is 0 Å². The van der Waals surface area contributed by atoms with Gasteiger partial charge in [0, 0.05) is 19.6 Å². The van der Waals surface area contributed by atoms with E-state index in [2.05, 4.69) is 35.3 Å². The number of aliphatic imine (C=N–C) groups is 1. The van der Waals surface area contributed by atoms with Gasteiger partial charge in [-0.25, -0.2) is 42.5 Å². The van der Waals surface area contributed by atoms with Crippen LogP contribution in [-0.2, 0) is 42.2 Å². The average molecular weight is 781 g/mol. The van der Waals surface area contributed by atoms with Crippen LogP contribution in [0.3, 0.4) is 0 Å². The number of alkyl carbamates (subject to hydrolysis) is 1. The van der Waals surface area contributed by atoms with E-state index in [0.29, 0.717) is 0 Å². The molecule has 55 heavy (non-hydrogen) atoms. The molecule has 6 N–H and O–H groups in total. The molecule has 0 saturated heterocycles. The first-order valence-corrected chi connectivity index (χ1v) is 18.5. The summed E-state index contributed by atoms with van der Waals surface area (Å²) in [5, 5.41) is 15.3. The topological polar surface area (TPSA) is 262 Å². The minimum Gasteiger partial charge on any atom is -0.480 e. The van der Waals surface area contributed by atoms with Crippen LogP contribution in [0.25, 0.3) is 11.2 Å². The molecule has 0 aliphatic carbocycles. The highest BCUT2D eigenvalue weighted by Gasteiger charge is 2.30. The van der Waals surface area contributed by atoms with E-state index in [4.69, 9.17) is 15.2 Å². The summed E-state index contributed by atoms with van der Waals surface area (Å²) < 4.78 is 39.4. The van der Waals surface area contributed by atoms with E-state index in [1.807, 2.05) is 25.1 Å². The second-order valence-corrected chi connectivity index (χ2v) is 14.8. The molecular weight excluding hydrogens is 737 g/mol. The Hall–Kier alpha value is -6.31. The molecule has 4 aromatic rings. The van der Waals surface area contributed by atoms with Crippen LogP contribution in [0.15, 0.2) is 77.1 Å². The molecule has 2 heterocycles. The first-order valence-electron chi connectivity index (χ1n) is 17.0. The van der Waals surface area contributed by atoms with E-state index in [1.54, 1.807) is 45.0 Å². The van der Waals surface area contributed by atoms with Crippen LogP contribution in [0.4, 0.5) is 15.4 Å². The van der Waals surface area contributed by atoms with Crippen molar-refractivity contribution in [3.05, 3.63) is 78.4 Å². The van der Waals surface area contributed by atoms with E-state index in [9.17, 15) is 32.7 Å². The Morgan fingerprint density at radius 3 is 2.40 bits per heavy atom. The Morgan fingerprint density at radius 1 is 1.02 bits per heavy atom. The van der Waals surface area contributed by atoms with E-state index in [1.165, 1.54) is 23.0 Å². The maximum Gasteiger partial charge on any atom is 0.413 e. The molecule has 0 bridgehead atoms. The van der Waals surface area contributed by atoms with Crippen molar-refractivity contribution < 1.29 is 42.2 Å². The van der Waals surface area contributed by atoms with E-state index < -0.39 is 58.2 Å². The molecule has 1 atom stereocenters. The highest BCUT2D eigenvalue weighted by atomic mass is 32.2. The summed E-state index contributed by atoms with van der Waals surface area (Å²) in [6, 6.07) is 13.8. The molecule has 0 unspecified atom stereocenters. The Balaban J connectivity index is 1.46. The average Bonchev–Trinajstić information content (AvgIpc) is 3.52. The van der Waals surface area contributed by atoms with E-state index in [0.717, 1.165) is 22.4 Å². The Kier molecular flexibility index (Phi) is 14.0. The maximum atomic E-state index is 13.9. The number of aromatic nitrogens is 4. The van der Waals surface area contributed by atoms with Gasteiger partial charge in [-0.1, -0.05) is 48.0 Å². The number of carboxylic acid groups (broad SMARTS) is 1. The number of rotatable bonds is 16. The highest BCUT2D eigenvalue weighted by Crippen LogP contribution is 2.19. The number of aryl methyl sites for hydroxylation is 1. The SMILES string of the molecule is Cc1ccc(S(=O)(=O)NC(N)=NCCC[C@@H](C(=O)O)N(CCNC(=O)OC(C)(C)C)C(=O)Cn2cnc3c(NC(=O)OCc4ccccc4)ncnc32)cc1. The largest absolute Gasteiger partial charge is 0.480 e. The quantitative estimate of drug-likeness (QED) is 0.0623. The number of ether oxygens (including phenoxy) is 2. The summed E-state index contributed by atoms with van der Waals surface area (Å²) in [5.74, 6) is -2.37. The number of hydrogen-bond donors (Lipinski definition) is 5. The van der Waals surface area contributed by atoms with Crippen molar-refractivity contribution in [2.45, 2.75) is 70.2 Å². The third-order valence-corrected chi connectivity index (χ3v) is 9.00. The number of fused-ring (bicyclic) bond motifs is 1. The number of carboxylic acids is 1. The number of aliphatic carboxylic acids is 1. The van der Waals surface area contributed by atoms with Gasteiger partial charge in [-0.05, 0) is 58.2 Å². The van der Waals surface area contributed by atoms with Crippen LogP contribution >= 0.6 is 0 Å². The number of carbonyl (C=O) groups excluding carboxylic acids is 3. The second kappa shape index (κ2) is 18.6. The standard InChI is InChI=1S/C35H44N10O9S/c1-23-12-14-25(15-13-23)55(51,52)43-32(36)37-16-8-11-26(31(47)48)45(18-17-38-33(49)54-35(2,3)4)27(46)19-44-22-41-28-29(39-21-40-30(28)44)42-34(50)53-20-24-9-6-5-7-10-24/h5-7,9-10,12-15,21-22,26H,8,11,16-20H2,1-4H3,(H,38,49)(H,47,48)(H3,36,37,43)(H,39,40,42,50)/t26-/m0/s1. The van der Waals surface area contributed by atoms with Gasteiger partial charge in [-0.3, -0.25) is 15.1 Å². The number of amides is 3. The lowest BCUT2D eigenvalue weighted by Crippen LogP contribution is -2.49. The monoisotopic (exact) mass is 780 g/mol. The molecule has 4 rings (SSSR count). The van der Waals surface area contributed by atoms with Crippen molar-refractivity contribution in [2.24, 2.45) is 10.7 Å². The van der Waals surface area contributed by atoms with Gasteiger partial charge in [0.1, 0.15) is 31.1 Å². The summed E-state index contributed by atoms with van der Waals surface area (Å²) in [4.78, 5) is 68.9. The highest BCUT2D eigenvalue weighted by molar-refractivity contribution is 7.90. The fourth-order valence-corrected chi connectivity index (χ4v) is 6.02. The zero-order valence-electron chi connectivity index (χ0n) is 30.8. The van der Waals surface area contributed by atoms with Crippen molar-refractivity contribution in [3.8, 4) is 0 Å². The molecule has 294 valence electrons. The van der Waals surface area contributed by atoms with Gasteiger partial charge in [0.15, 0.2) is 17.0 Å². The molecule has 0 fully saturated rings. The first kappa shape index (κ1) is 41.4. The van der Waals surface area contributed by atoms with Crippen molar-refractivity contribution in [3.63, 3.8) is 0 Å². The minimum absolute atomic E-state index is 0.0118. The van der Waals surface area contributed by atoms with Crippen LogP contribution in [-0.4, -0.2) is 99.2 Å². The predicted molar refractivity (Wildman–Crippen MR) is 200 cm³/mol. The Labute approximate surface area is 317 Å². The van der Waals surface area contributed by atoms with Gasteiger partial charge < -0.3 is 35.1 Å². The number of nitrogens with two attached hydrogens (primary N) is 1. The first-order chi connectivity index (χ1) is 26.0. The van der Waals surface area contributed by atoms with E-state index in [-0.39, 0.29) is 61.0 Å². The van der Waals surface area contributed by atoms with Gasteiger partial charge in [0.05, 0.1) is 11.2 Å². The predicted octanol–water partition coefficient (Wildman–Crippen LogP) is 2.76. The van der Waals surface area contributed by atoms with Crippen LogP contribution < -0.4 is 21.1 Å². The van der Waals surface area contributed by atoms with Crippen molar-refractivity contribution in [1.82, 2.24) is 34.5 Å². The number of sulfonamides is 1. The number of nitrogens with zero attached hydrogens (tertiary/aromatic N) is 6. The van der Waals surface area contributed by atoms with Crippen molar-refractivity contribution >= 4 is 57.0 Å². The third kappa shape index (κ3) is 12.7. The van der Waals surface area contributed by atoms with Gasteiger partial charge in [0.25, 0.3) is 10.0 Å². The zero-order valence-corrected chi connectivity index (χ0v) is 31.6. The number of hydrogen-bond acceptors (Lipinski definition) is 12. The van der Waals surface area contributed by atoms with Gasteiger partial charge in [-0.15, -0.1) is 0 Å². The number of carbonyl (C=O) groups is 4. The lowest BCUT2D eigenvalue weighted by atomic mass is 10.1. The van der Waals surface area contributed by atoms with Gasteiger partial charge >= 0.3 is 18.2 Å². The molecule has 19 nitrogen and oxygen atoms in total. The molecular formula is C35H44N10O9S. The number of anilines is 1. The minimum atomic E-state index is -4.00. The molecule has 2 aromatic heterocycles. The number of imidazole rings is 1. The molecule has 0 aliphatic rings. The van der Waals surface area contributed by atoms with Crippen LogP contribution in [0.1, 0.15) is 44.7 Å². The number of benzene rings is 2. The number of nitrogens with one attached hydrogen (secondary N) is 3. The summed E-state index contributed by atoms with van der Waals surface area (Å²) >= 11 is 0. The Bertz CT molecular complexity index is 2100. The van der Waals surface area contributed by atoms with E-state index >= 15 is 0 Å². The van der Waals surface area contributed by atoms with Crippen molar-refractivity contribution in [2.75, 3.05) is 25.0 Å². The third-order valence-electron chi connectivity index (χ3n) is 7.63. The summed E-state index contributed by atoms with van der Waals surface area (Å²) in [6.07, 6.45) is 0.875. The van der Waals surface area contributed by atoms with Crippen molar-refractivity contribution in [1.29, 1.82) is 0 Å². The molecule has 20 heteroatoms. The fourth-order valence-electron chi connectivity index (χ4n) is 5.07. The molecule has 2 aromatic carbocycles. The Morgan fingerprint density at radius 2 is 1.73 bits per heavy atom. The van der Waals surface area contributed by atoms with Crippen LogP contribution in [0.5, 0.6) is 0 Å². The molecule has 3 amide bonds. The summed E-state index contributed by atoms with van der Waals surface area (Å²) in [5.41, 5.74) is 6.99. The maximum absolute atomic E-state index is 13.9. The number of guanidine groups is 1. The lowest BCUT2D eigenvalue weighted by Gasteiger charge is -2.29. The normalized spacial score (nSPS) is 12.4. The summed E-state index contributed by atoms with van der Waals surface area (Å²) in [7, 11) is -4.00.